The van der Waals surface area contributed by atoms with E-state index >= 15 is 0 Å². The van der Waals surface area contributed by atoms with Crippen molar-refractivity contribution in [2.45, 2.75) is 52.7 Å². The van der Waals surface area contributed by atoms with Crippen molar-refractivity contribution in [1.29, 1.82) is 0 Å². The SMILES string of the molecule is CCn1nc(C)c(CN2CCCC(N3CCN(c4ccc(F)cc4)CC3)C2)c1C. The maximum Gasteiger partial charge on any atom is 0.123 e. The van der Waals surface area contributed by atoms with Crippen LogP contribution < -0.4 is 4.90 Å². The molecule has 2 aliphatic heterocycles. The molecule has 29 heavy (non-hydrogen) atoms. The number of rotatable bonds is 5. The number of halogens is 1. The topological polar surface area (TPSA) is 27.5 Å². The van der Waals surface area contributed by atoms with E-state index in [0.717, 1.165) is 51.5 Å². The second-order valence-corrected chi connectivity index (χ2v) is 8.50. The summed E-state index contributed by atoms with van der Waals surface area (Å²) in [5.74, 6) is -0.162. The molecule has 2 aromatic rings. The van der Waals surface area contributed by atoms with Gasteiger partial charge in [0.15, 0.2) is 0 Å². The van der Waals surface area contributed by atoms with Crippen LogP contribution in [0.2, 0.25) is 0 Å². The molecule has 0 amide bonds. The normalized spacial score (nSPS) is 21.7. The first-order chi connectivity index (χ1) is 14.0. The molecular formula is C23H34FN5. The Morgan fingerprint density at radius 1 is 1.03 bits per heavy atom. The summed E-state index contributed by atoms with van der Waals surface area (Å²) in [5, 5.41) is 4.70. The van der Waals surface area contributed by atoms with E-state index in [-0.39, 0.29) is 5.82 Å². The fraction of sp³-hybridized carbons (Fsp3) is 0.609. The zero-order chi connectivity index (χ0) is 20.4. The van der Waals surface area contributed by atoms with Crippen LogP contribution in [-0.4, -0.2) is 64.9 Å². The van der Waals surface area contributed by atoms with Crippen molar-refractivity contribution >= 4 is 5.69 Å². The van der Waals surface area contributed by atoms with Gasteiger partial charge < -0.3 is 4.90 Å². The fourth-order valence-electron chi connectivity index (χ4n) is 4.96. The maximum atomic E-state index is 13.2. The molecule has 1 aromatic carbocycles. The minimum Gasteiger partial charge on any atom is -0.369 e. The number of piperidine rings is 1. The Kier molecular flexibility index (Phi) is 6.20. The standard InChI is InChI=1S/C23H34FN5/c1-4-29-19(3)23(18(2)25-29)17-26-11-5-6-22(16-26)28-14-12-27(13-15-28)21-9-7-20(24)8-10-21/h7-10,22H,4-6,11-17H2,1-3H3. The third-order valence-electron chi connectivity index (χ3n) is 6.72. The van der Waals surface area contributed by atoms with Gasteiger partial charge in [0.05, 0.1) is 5.69 Å². The smallest absolute Gasteiger partial charge is 0.123 e. The molecule has 0 saturated carbocycles. The number of aromatic nitrogens is 2. The first kappa shape index (κ1) is 20.4. The van der Waals surface area contributed by atoms with Crippen LogP contribution in [0.5, 0.6) is 0 Å². The summed E-state index contributed by atoms with van der Waals surface area (Å²) < 4.78 is 15.3. The average molecular weight is 400 g/mol. The van der Waals surface area contributed by atoms with Crippen molar-refractivity contribution in [1.82, 2.24) is 19.6 Å². The number of piperazine rings is 1. The number of aryl methyl sites for hydroxylation is 2. The van der Waals surface area contributed by atoms with Crippen LogP contribution in [0.25, 0.3) is 0 Å². The summed E-state index contributed by atoms with van der Waals surface area (Å²) in [5.41, 5.74) is 5.04. The van der Waals surface area contributed by atoms with Gasteiger partial charge in [0.25, 0.3) is 0 Å². The summed E-state index contributed by atoms with van der Waals surface area (Å²) in [7, 11) is 0. The largest absolute Gasteiger partial charge is 0.369 e. The lowest BCUT2D eigenvalue weighted by atomic mass is 10.0. The second kappa shape index (κ2) is 8.84. The highest BCUT2D eigenvalue weighted by molar-refractivity contribution is 5.46. The molecule has 0 radical (unpaired) electrons. The van der Waals surface area contributed by atoms with Crippen LogP contribution in [0.15, 0.2) is 24.3 Å². The van der Waals surface area contributed by atoms with Crippen LogP contribution >= 0.6 is 0 Å². The van der Waals surface area contributed by atoms with Crippen LogP contribution in [0, 0.1) is 19.7 Å². The van der Waals surface area contributed by atoms with Crippen molar-refractivity contribution in [3.8, 4) is 0 Å². The van der Waals surface area contributed by atoms with Gasteiger partial charge >= 0.3 is 0 Å². The molecule has 4 rings (SSSR count). The summed E-state index contributed by atoms with van der Waals surface area (Å²) >= 11 is 0. The quantitative estimate of drug-likeness (QED) is 0.770. The zero-order valence-corrected chi connectivity index (χ0v) is 18.1. The van der Waals surface area contributed by atoms with E-state index in [1.807, 2.05) is 12.1 Å². The van der Waals surface area contributed by atoms with Gasteiger partial charge in [-0.1, -0.05) is 0 Å². The second-order valence-electron chi connectivity index (χ2n) is 8.50. The highest BCUT2D eigenvalue weighted by Crippen LogP contribution is 2.23. The van der Waals surface area contributed by atoms with Gasteiger partial charge in [0.1, 0.15) is 5.82 Å². The highest BCUT2D eigenvalue weighted by Gasteiger charge is 2.29. The van der Waals surface area contributed by atoms with Gasteiger partial charge in [-0.2, -0.15) is 5.10 Å². The molecular weight excluding hydrogens is 365 g/mol. The number of anilines is 1. The van der Waals surface area contributed by atoms with E-state index in [4.69, 9.17) is 5.10 Å². The molecule has 158 valence electrons. The third kappa shape index (κ3) is 4.48. The maximum absolute atomic E-state index is 13.2. The molecule has 2 aliphatic rings. The van der Waals surface area contributed by atoms with E-state index in [1.54, 1.807) is 12.1 Å². The molecule has 2 fully saturated rings. The van der Waals surface area contributed by atoms with E-state index in [0.29, 0.717) is 6.04 Å². The van der Waals surface area contributed by atoms with E-state index < -0.39 is 0 Å². The van der Waals surface area contributed by atoms with Crippen molar-refractivity contribution in [3.05, 3.63) is 47.0 Å². The number of likely N-dealkylation sites (tertiary alicyclic amines) is 1. The number of nitrogens with zero attached hydrogens (tertiary/aromatic N) is 5. The Morgan fingerprint density at radius 3 is 2.41 bits per heavy atom. The lowest BCUT2D eigenvalue weighted by Crippen LogP contribution is -2.55. The first-order valence-corrected chi connectivity index (χ1v) is 11.0. The minimum absolute atomic E-state index is 0.162. The molecule has 2 saturated heterocycles. The molecule has 1 aromatic heterocycles. The summed E-state index contributed by atoms with van der Waals surface area (Å²) in [6, 6.07) is 7.56. The predicted octanol–water partition coefficient (Wildman–Crippen LogP) is 3.45. The monoisotopic (exact) mass is 399 g/mol. The van der Waals surface area contributed by atoms with E-state index in [2.05, 4.69) is 40.2 Å². The number of benzene rings is 1. The highest BCUT2D eigenvalue weighted by atomic mass is 19.1. The molecule has 3 heterocycles. The Balaban J connectivity index is 1.33. The minimum atomic E-state index is -0.162. The fourth-order valence-corrected chi connectivity index (χ4v) is 4.96. The molecule has 6 heteroatoms. The van der Waals surface area contributed by atoms with Crippen LogP contribution in [0.3, 0.4) is 0 Å². The van der Waals surface area contributed by atoms with Crippen molar-refractivity contribution < 1.29 is 4.39 Å². The summed E-state index contributed by atoms with van der Waals surface area (Å²) in [6.45, 7) is 15.0. The zero-order valence-electron chi connectivity index (χ0n) is 18.1. The first-order valence-electron chi connectivity index (χ1n) is 11.0. The van der Waals surface area contributed by atoms with E-state index in [9.17, 15) is 4.39 Å². The summed E-state index contributed by atoms with van der Waals surface area (Å²) in [6.07, 6.45) is 2.56. The van der Waals surface area contributed by atoms with E-state index in [1.165, 1.54) is 36.3 Å². The van der Waals surface area contributed by atoms with Gasteiger partial charge in [-0.05, 0) is 64.4 Å². The Bertz CT molecular complexity index is 807. The Morgan fingerprint density at radius 2 is 1.76 bits per heavy atom. The van der Waals surface area contributed by atoms with Gasteiger partial charge in [-0.25, -0.2) is 4.39 Å². The van der Waals surface area contributed by atoms with Gasteiger partial charge in [-0.3, -0.25) is 14.5 Å². The predicted molar refractivity (Wildman–Crippen MR) is 116 cm³/mol. The third-order valence-corrected chi connectivity index (χ3v) is 6.72. The van der Waals surface area contributed by atoms with Gasteiger partial charge in [0, 0.05) is 68.8 Å². The van der Waals surface area contributed by atoms with Crippen LogP contribution in [0.1, 0.15) is 36.7 Å². The van der Waals surface area contributed by atoms with Crippen LogP contribution in [-0.2, 0) is 13.1 Å². The molecule has 0 bridgehead atoms. The number of hydrogen-bond donors (Lipinski definition) is 0. The van der Waals surface area contributed by atoms with Gasteiger partial charge in [-0.15, -0.1) is 0 Å². The lowest BCUT2D eigenvalue weighted by molar-refractivity contribution is 0.0885. The molecule has 1 unspecified atom stereocenters. The molecule has 0 aliphatic carbocycles. The average Bonchev–Trinajstić information content (AvgIpc) is 3.02. The van der Waals surface area contributed by atoms with Crippen molar-refractivity contribution in [2.75, 3.05) is 44.2 Å². The molecule has 0 spiro atoms. The molecule has 0 N–H and O–H groups in total. The van der Waals surface area contributed by atoms with Crippen molar-refractivity contribution in [3.63, 3.8) is 0 Å². The Labute approximate surface area is 174 Å². The van der Waals surface area contributed by atoms with Crippen LogP contribution in [0.4, 0.5) is 10.1 Å². The molecule has 5 nitrogen and oxygen atoms in total. The number of hydrogen-bond acceptors (Lipinski definition) is 4. The van der Waals surface area contributed by atoms with Crippen molar-refractivity contribution in [2.24, 2.45) is 0 Å². The van der Waals surface area contributed by atoms with Gasteiger partial charge in [0.2, 0.25) is 0 Å². The molecule has 1 atom stereocenters. The lowest BCUT2D eigenvalue weighted by Gasteiger charge is -2.44. The Hall–Kier alpha value is -1.92. The summed E-state index contributed by atoms with van der Waals surface area (Å²) in [4.78, 5) is 7.67.